The van der Waals surface area contributed by atoms with Gasteiger partial charge in [-0.2, -0.15) is 0 Å². The molecule has 2 heterocycles. The fraction of sp³-hybridized carbons (Fsp3) is 0.414. The van der Waals surface area contributed by atoms with E-state index in [2.05, 4.69) is 10.2 Å². The van der Waals surface area contributed by atoms with E-state index in [4.69, 9.17) is 21.1 Å². The Morgan fingerprint density at radius 1 is 1.05 bits per heavy atom. The number of halogens is 1. The van der Waals surface area contributed by atoms with E-state index >= 15 is 0 Å². The molecule has 2 aliphatic heterocycles. The minimum atomic E-state index is -0.665. The Labute approximate surface area is 234 Å². The zero-order valence-electron chi connectivity index (χ0n) is 22.8. The van der Waals surface area contributed by atoms with Gasteiger partial charge >= 0.3 is 12.0 Å². The van der Waals surface area contributed by atoms with Crippen LogP contribution in [0, 0.1) is 0 Å². The summed E-state index contributed by atoms with van der Waals surface area (Å²) in [7, 11) is 1.59. The minimum Gasteiger partial charge on any atom is -0.497 e. The molecule has 0 bridgehead atoms. The van der Waals surface area contributed by atoms with Crippen LogP contribution in [0.4, 0.5) is 4.79 Å². The number of ether oxygens (including phenoxy) is 2. The van der Waals surface area contributed by atoms with E-state index in [9.17, 15) is 14.4 Å². The summed E-state index contributed by atoms with van der Waals surface area (Å²) in [6.45, 7) is 8.32. The molecule has 2 atom stereocenters. The Morgan fingerprint density at radius 3 is 2.33 bits per heavy atom. The number of rotatable bonds is 8. The molecular formula is C29H35ClN4O5. The number of esters is 1. The van der Waals surface area contributed by atoms with Gasteiger partial charge in [0.1, 0.15) is 5.75 Å². The summed E-state index contributed by atoms with van der Waals surface area (Å²) in [6, 6.07) is 13.2. The lowest BCUT2D eigenvalue weighted by Crippen LogP contribution is -2.56. The van der Waals surface area contributed by atoms with Crippen LogP contribution in [0.3, 0.4) is 0 Å². The molecule has 0 radical (unpaired) electrons. The van der Waals surface area contributed by atoms with Gasteiger partial charge in [-0.25, -0.2) is 9.59 Å². The number of piperazine rings is 1. The summed E-state index contributed by atoms with van der Waals surface area (Å²) in [4.78, 5) is 45.3. The van der Waals surface area contributed by atoms with E-state index in [0.717, 1.165) is 5.56 Å². The van der Waals surface area contributed by atoms with Gasteiger partial charge < -0.3 is 19.7 Å². The molecule has 0 saturated carbocycles. The topological polar surface area (TPSA) is 91.4 Å². The van der Waals surface area contributed by atoms with E-state index in [1.807, 2.05) is 18.7 Å². The predicted octanol–water partition coefficient (Wildman–Crippen LogP) is 4.10. The number of urea groups is 1. The highest BCUT2D eigenvalue weighted by Gasteiger charge is 2.39. The molecule has 10 heteroatoms. The van der Waals surface area contributed by atoms with Crippen LogP contribution < -0.4 is 10.1 Å². The minimum absolute atomic E-state index is 0.0359. The van der Waals surface area contributed by atoms with Crippen LogP contribution in [0.15, 0.2) is 59.8 Å². The normalized spacial score (nSPS) is 20.1. The van der Waals surface area contributed by atoms with Crippen LogP contribution in [0.1, 0.15) is 42.7 Å². The van der Waals surface area contributed by atoms with E-state index in [1.165, 1.54) is 0 Å². The van der Waals surface area contributed by atoms with Gasteiger partial charge in [0.25, 0.3) is 5.91 Å². The van der Waals surface area contributed by atoms with Crippen molar-refractivity contribution in [3.8, 4) is 5.75 Å². The highest BCUT2D eigenvalue weighted by molar-refractivity contribution is 6.30. The quantitative estimate of drug-likeness (QED) is 0.494. The van der Waals surface area contributed by atoms with Crippen molar-refractivity contribution in [3.63, 3.8) is 0 Å². The SMILES string of the molecule is CCOC(=O)C1=C(CN2CCN(C(=O)c3ccc(OC)cc3)[C@H](C)C2)N(CC)C(=O)N[C@H]1c1ccc(Cl)cc1. The maximum absolute atomic E-state index is 13.3. The van der Waals surface area contributed by atoms with E-state index in [1.54, 1.807) is 67.5 Å². The number of hydrogen-bond donors (Lipinski definition) is 1. The van der Waals surface area contributed by atoms with E-state index in [0.29, 0.717) is 60.3 Å². The summed E-state index contributed by atoms with van der Waals surface area (Å²) in [5.74, 6) is 0.197. The molecule has 2 aromatic rings. The molecule has 0 aliphatic carbocycles. The molecular weight excluding hydrogens is 520 g/mol. The van der Waals surface area contributed by atoms with Gasteiger partial charge in [0.05, 0.1) is 25.3 Å². The third-order valence-electron chi connectivity index (χ3n) is 7.14. The van der Waals surface area contributed by atoms with Crippen molar-refractivity contribution in [2.24, 2.45) is 0 Å². The van der Waals surface area contributed by atoms with Crippen LogP contribution in [0.25, 0.3) is 0 Å². The van der Waals surface area contributed by atoms with Gasteiger partial charge in [-0.15, -0.1) is 0 Å². The molecule has 39 heavy (non-hydrogen) atoms. The molecule has 2 aliphatic rings. The molecule has 1 fully saturated rings. The number of carbonyl (C=O) groups is 3. The molecule has 4 rings (SSSR count). The summed E-state index contributed by atoms with van der Waals surface area (Å²) >= 11 is 6.09. The number of nitrogens with zero attached hydrogens (tertiary/aromatic N) is 3. The molecule has 1 saturated heterocycles. The Hall–Kier alpha value is -3.56. The van der Waals surface area contributed by atoms with Gasteiger partial charge in [0.2, 0.25) is 0 Å². The van der Waals surface area contributed by atoms with Crippen molar-refractivity contribution in [2.45, 2.75) is 32.9 Å². The first kappa shape index (κ1) is 28.4. The average Bonchev–Trinajstić information content (AvgIpc) is 2.93. The first-order chi connectivity index (χ1) is 18.8. The summed E-state index contributed by atoms with van der Waals surface area (Å²) in [5, 5.41) is 3.54. The van der Waals surface area contributed by atoms with Crippen LogP contribution in [-0.2, 0) is 9.53 Å². The van der Waals surface area contributed by atoms with Gasteiger partial charge in [0.15, 0.2) is 0 Å². The second-order valence-electron chi connectivity index (χ2n) is 9.57. The first-order valence-electron chi connectivity index (χ1n) is 13.2. The van der Waals surface area contributed by atoms with Crippen LogP contribution in [-0.4, -0.2) is 85.1 Å². The zero-order chi connectivity index (χ0) is 28.1. The molecule has 3 amide bonds. The van der Waals surface area contributed by atoms with Crippen LogP contribution in [0.2, 0.25) is 5.02 Å². The second kappa shape index (κ2) is 12.5. The largest absolute Gasteiger partial charge is 0.497 e. The number of amides is 3. The lowest BCUT2D eigenvalue weighted by molar-refractivity contribution is -0.139. The van der Waals surface area contributed by atoms with Crippen LogP contribution >= 0.6 is 11.6 Å². The lowest BCUT2D eigenvalue weighted by Gasteiger charge is -2.43. The van der Waals surface area contributed by atoms with Crippen molar-refractivity contribution < 1.29 is 23.9 Å². The molecule has 9 nitrogen and oxygen atoms in total. The Bertz CT molecular complexity index is 1230. The smallest absolute Gasteiger partial charge is 0.338 e. The number of nitrogens with one attached hydrogen (secondary N) is 1. The number of methoxy groups -OCH3 is 1. The zero-order valence-corrected chi connectivity index (χ0v) is 23.5. The number of carbonyl (C=O) groups excluding carboxylic acids is 3. The van der Waals surface area contributed by atoms with Crippen molar-refractivity contribution in [3.05, 3.63) is 76.0 Å². The van der Waals surface area contributed by atoms with Crippen molar-refractivity contribution >= 4 is 29.5 Å². The fourth-order valence-electron chi connectivity index (χ4n) is 5.15. The number of hydrogen-bond acceptors (Lipinski definition) is 6. The standard InChI is InChI=1S/C29H35ClN4O5/c1-5-33-24(25(28(36)39-6-2)26(31-29(33)37)20-7-11-22(30)12-8-20)18-32-15-16-34(19(3)17-32)27(35)21-9-13-23(38-4)14-10-21/h7-14,19,26H,5-6,15-18H2,1-4H3,(H,31,37)/t19-,26+/m1/s1. The lowest BCUT2D eigenvalue weighted by atomic mass is 9.94. The Morgan fingerprint density at radius 2 is 1.74 bits per heavy atom. The van der Waals surface area contributed by atoms with Gasteiger partial charge in [-0.3, -0.25) is 14.6 Å². The number of benzene rings is 2. The summed E-state index contributed by atoms with van der Waals surface area (Å²) < 4.78 is 10.7. The average molecular weight is 555 g/mol. The maximum Gasteiger partial charge on any atom is 0.338 e. The fourth-order valence-corrected chi connectivity index (χ4v) is 5.28. The highest BCUT2D eigenvalue weighted by atomic mass is 35.5. The maximum atomic E-state index is 13.3. The molecule has 0 unspecified atom stereocenters. The summed E-state index contributed by atoms with van der Waals surface area (Å²) in [6.07, 6.45) is 0. The molecule has 0 spiro atoms. The number of likely N-dealkylation sites (N-methyl/N-ethyl adjacent to an activating group) is 1. The van der Waals surface area contributed by atoms with E-state index < -0.39 is 12.0 Å². The van der Waals surface area contributed by atoms with Gasteiger partial charge in [0, 0.05) is 55.0 Å². The Kier molecular flexibility index (Phi) is 9.14. The van der Waals surface area contributed by atoms with Crippen molar-refractivity contribution in [1.29, 1.82) is 0 Å². The molecule has 1 N–H and O–H groups in total. The third kappa shape index (κ3) is 6.20. The molecule has 0 aromatic heterocycles. The highest BCUT2D eigenvalue weighted by Crippen LogP contribution is 2.33. The Balaban J connectivity index is 1.60. The second-order valence-corrected chi connectivity index (χ2v) is 10.0. The predicted molar refractivity (Wildman–Crippen MR) is 149 cm³/mol. The summed E-state index contributed by atoms with van der Waals surface area (Å²) in [5.41, 5.74) is 2.37. The molecule has 2 aromatic carbocycles. The van der Waals surface area contributed by atoms with Gasteiger partial charge in [-0.05, 0) is 62.7 Å². The monoisotopic (exact) mass is 554 g/mol. The van der Waals surface area contributed by atoms with E-state index in [-0.39, 0.29) is 24.6 Å². The van der Waals surface area contributed by atoms with Gasteiger partial charge in [-0.1, -0.05) is 23.7 Å². The van der Waals surface area contributed by atoms with Crippen molar-refractivity contribution in [2.75, 3.05) is 46.4 Å². The third-order valence-corrected chi connectivity index (χ3v) is 7.39. The first-order valence-corrected chi connectivity index (χ1v) is 13.6. The van der Waals surface area contributed by atoms with Crippen LogP contribution in [0.5, 0.6) is 5.75 Å². The van der Waals surface area contributed by atoms with Crippen molar-refractivity contribution in [1.82, 2.24) is 20.0 Å². The molecule has 208 valence electrons.